The van der Waals surface area contributed by atoms with E-state index in [2.05, 4.69) is 8.92 Å². The van der Waals surface area contributed by atoms with Gasteiger partial charge in [0, 0.05) is 0 Å². The zero-order valence-corrected chi connectivity index (χ0v) is 8.42. The number of aliphatic hydroxyl groups excluding tert-OH is 3. The van der Waals surface area contributed by atoms with Gasteiger partial charge in [0.25, 0.3) is 5.76 Å². The third-order valence-electron chi connectivity index (χ3n) is 1.65. The summed E-state index contributed by atoms with van der Waals surface area (Å²) in [5, 5.41) is 26.9. The summed E-state index contributed by atoms with van der Waals surface area (Å²) in [5.74, 6) is -3.56. The van der Waals surface area contributed by atoms with E-state index >= 15 is 0 Å². The molecule has 1 aliphatic rings. The summed E-state index contributed by atoms with van der Waals surface area (Å²) in [7, 11) is -4.99. The van der Waals surface area contributed by atoms with Crippen LogP contribution in [0.4, 0.5) is 0 Å². The van der Waals surface area contributed by atoms with Gasteiger partial charge in [-0.2, -0.15) is 8.42 Å². The Labute approximate surface area is 89.5 Å². The second-order valence-electron chi connectivity index (χ2n) is 2.80. The first-order chi connectivity index (χ1) is 7.26. The summed E-state index contributed by atoms with van der Waals surface area (Å²) in [6.45, 7) is -0.832. The Hall–Kier alpha value is -1.36. The Morgan fingerprint density at radius 2 is 2.06 bits per heavy atom. The Balaban J connectivity index is 2.98. The molecule has 10 heteroatoms. The summed E-state index contributed by atoms with van der Waals surface area (Å²) in [4.78, 5) is 11.0. The van der Waals surface area contributed by atoms with Gasteiger partial charge in [0.05, 0.1) is 6.61 Å². The number of hydrogen-bond donors (Lipinski definition) is 4. The minimum absolute atomic E-state index is 0.832. The van der Waals surface area contributed by atoms with Gasteiger partial charge < -0.3 is 24.2 Å². The monoisotopic (exact) mass is 256 g/mol. The minimum atomic E-state index is -4.99. The lowest BCUT2D eigenvalue weighted by atomic mass is 10.2. The molecule has 0 unspecified atom stereocenters. The topological polar surface area (TPSA) is 151 Å². The molecule has 0 aromatic carbocycles. The molecule has 0 saturated heterocycles. The molecular weight excluding hydrogens is 248 g/mol. The zero-order chi connectivity index (χ0) is 12.5. The van der Waals surface area contributed by atoms with Gasteiger partial charge in [-0.05, 0) is 0 Å². The number of rotatable bonds is 4. The van der Waals surface area contributed by atoms with Crippen LogP contribution in [0.5, 0.6) is 0 Å². The molecule has 4 N–H and O–H groups in total. The molecule has 0 spiro atoms. The van der Waals surface area contributed by atoms with Crippen molar-refractivity contribution in [3.63, 3.8) is 0 Å². The number of hydrogen-bond acceptors (Lipinski definition) is 8. The highest BCUT2D eigenvalue weighted by molar-refractivity contribution is 7.81. The molecule has 1 aliphatic heterocycles. The fraction of sp³-hybridized carbons (Fsp3) is 0.500. The molecule has 0 amide bonds. The SMILES string of the molecule is O=C1O[C@H]([C@H](O)CO)C(O)=C1OS(=O)(=O)O. The lowest BCUT2D eigenvalue weighted by Crippen LogP contribution is -2.31. The van der Waals surface area contributed by atoms with E-state index in [0.717, 1.165) is 0 Å². The van der Waals surface area contributed by atoms with E-state index in [1.54, 1.807) is 0 Å². The Bertz CT molecular complexity index is 421. The van der Waals surface area contributed by atoms with Gasteiger partial charge in [0.15, 0.2) is 11.9 Å². The lowest BCUT2D eigenvalue weighted by Gasteiger charge is -2.13. The van der Waals surface area contributed by atoms with Gasteiger partial charge in [-0.1, -0.05) is 0 Å². The molecule has 0 saturated carbocycles. The van der Waals surface area contributed by atoms with E-state index in [9.17, 15) is 18.3 Å². The fourth-order valence-corrected chi connectivity index (χ4v) is 1.36. The third-order valence-corrected chi connectivity index (χ3v) is 2.02. The van der Waals surface area contributed by atoms with Gasteiger partial charge in [0.1, 0.15) is 6.10 Å². The van der Waals surface area contributed by atoms with Crippen LogP contribution in [0.1, 0.15) is 0 Å². The number of ether oxygens (including phenoxy) is 1. The largest absolute Gasteiger partial charge is 0.505 e. The van der Waals surface area contributed by atoms with Crippen molar-refractivity contribution in [3.05, 3.63) is 11.5 Å². The zero-order valence-electron chi connectivity index (χ0n) is 7.60. The highest BCUT2D eigenvalue weighted by atomic mass is 32.3. The van der Waals surface area contributed by atoms with E-state index < -0.39 is 46.7 Å². The number of carbonyl (C=O) groups is 1. The highest BCUT2D eigenvalue weighted by Crippen LogP contribution is 2.24. The molecule has 1 heterocycles. The summed E-state index contributed by atoms with van der Waals surface area (Å²) < 4.78 is 36.9. The minimum Gasteiger partial charge on any atom is -0.505 e. The molecular formula is C6H8O9S. The van der Waals surface area contributed by atoms with Crippen LogP contribution >= 0.6 is 0 Å². The molecule has 16 heavy (non-hydrogen) atoms. The van der Waals surface area contributed by atoms with Gasteiger partial charge in [-0.3, -0.25) is 4.55 Å². The number of carbonyl (C=O) groups excluding carboxylic acids is 1. The Morgan fingerprint density at radius 3 is 2.50 bits per heavy atom. The van der Waals surface area contributed by atoms with Crippen molar-refractivity contribution in [3.8, 4) is 0 Å². The van der Waals surface area contributed by atoms with Crippen LogP contribution in [0.3, 0.4) is 0 Å². The predicted octanol–water partition coefficient (Wildman–Crippen LogP) is -2.15. The van der Waals surface area contributed by atoms with Gasteiger partial charge >= 0.3 is 16.4 Å². The quantitative estimate of drug-likeness (QED) is 0.326. The van der Waals surface area contributed by atoms with Crippen molar-refractivity contribution >= 4 is 16.4 Å². The lowest BCUT2D eigenvalue weighted by molar-refractivity contribution is -0.147. The smallest absolute Gasteiger partial charge is 0.446 e. The van der Waals surface area contributed by atoms with Crippen LogP contribution < -0.4 is 0 Å². The van der Waals surface area contributed by atoms with Crippen molar-refractivity contribution in [2.24, 2.45) is 0 Å². The van der Waals surface area contributed by atoms with Crippen LogP contribution in [0.2, 0.25) is 0 Å². The average Bonchev–Trinajstić information content (AvgIpc) is 2.42. The van der Waals surface area contributed by atoms with Crippen molar-refractivity contribution < 1.29 is 42.0 Å². The number of cyclic esters (lactones) is 1. The Morgan fingerprint density at radius 1 is 1.50 bits per heavy atom. The second kappa shape index (κ2) is 4.25. The Kier molecular flexibility index (Phi) is 3.38. The van der Waals surface area contributed by atoms with Crippen molar-refractivity contribution in [1.29, 1.82) is 0 Å². The first kappa shape index (κ1) is 12.7. The molecule has 1 rings (SSSR count). The molecule has 0 bridgehead atoms. The van der Waals surface area contributed by atoms with E-state index in [4.69, 9.17) is 14.8 Å². The number of esters is 1. The van der Waals surface area contributed by atoms with Crippen molar-refractivity contribution in [1.82, 2.24) is 0 Å². The van der Waals surface area contributed by atoms with E-state index in [0.29, 0.717) is 0 Å². The van der Waals surface area contributed by atoms with E-state index in [1.165, 1.54) is 0 Å². The average molecular weight is 256 g/mol. The van der Waals surface area contributed by atoms with E-state index in [1.807, 2.05) is 0 Å². The molecule has 9 nitrogen and oxygen atoms in total. The maximum absolute atomic E-state index is 11.0. The molecule has 0 aliphatic carbocycles. The predicted molar refractivity (Wildman–Crippen MR) is 45.3 cm³/mol. The molecule has 92 valence electrons. The summed E-state index contributed by atoms with van der Waals surface area (Å²) in [5.41, 5.74) is 0. The first-order valence-electron chi connectivity index (χ1n) is 3.86. The van der Waals surface area contributed by atoms with Gasteiger partial charge in [-0.15, -0.1) is 0 Å². The normalized spacial score (nSPS) is 23.2. The van der Waals surface area contributed by atoms with Crippen LogP contribution in [0, 0.1) is 0 Å². The second-order valence-corrected chi connectivity index (χ2v) is 3.82. The van der Waals surface area contributed by atoms with Gasteiger partial charge in [0.2, 0.25) is 0 Å². The number of aliphatic hydroxyl groups is 3. The maximum atomic E-state index is 11.0. The highest BCUT2D eigenvalue weighted by Gasteiger charge is 2.42. The van der Waals surface area contributed by atoms with Crippen LogP contribution in [0.25, 0.3) is 0 Å². The van der Waals surface area contributed by atoms with Crippen LogP contribution in [-0.4, -0.2) is 53.1 Å². The maximum Gasteiger partial charge on any atom is 0.446 e. The fourth-order valence-electron chi connectivity index (χ4n) is 0.997. The molecule has 0 fully saturated rings. The van der Waals surface area contributed by atoms with Gasteiger partial charge in [-0.25, -0.2) is 4.79 Å². The molecule has 0 aromatic heterocycles. The van der Waals surface area contributed by atoms with Crippen LogP contribution in [0.15, 0.2) is 11.5 Å². The van der Waals surface area contributed by atoms with Crippen molar-refractivity contribution in [2.75, 3.05) is 6.61 Å². The third kappa shape index (κ3) is 2.61. The van der Waals surface area contributed by atoms with E-state index in [-0.39, 0.29) is 0 Å². The summed E-state index contributed by atoms with van der Waals surface area (Å²) >= 11 is 0. The molecule has 2 atom stereocenters. The molecule has 0 radical (unpaired) electrons. The standard InChI is InChI=1S/C6H8O9S/c7-1-2(8)4-3(9)5(6(10)14-4)15-16(11,12)13/h2,4,7-9H,1H2,(H,11,12,13)/t2-,4-/m1/s1. The molecule has 0 aromatic rings. The van der Waals surface area contributed by atoms with Crippen LogP contribution in [-0.2, 0) is 24.1 Å². The first-order valence-corrected chi connectivity index (χ1v) is 5.22. The van der Waals surface area contributed by atoms with Crippen molar-refractivity contribution in [2.45, 2.75) is 12.2 Å². The summed E-state index contributed by atoms with van der Waals surface area (Å²) in [6, 6.07) is 0. The summed E-state index contributed by atoms with van der Waals surface area (Å²) in [6.07, 6.45) is -3.26.